The average Bonchev–Trinajstić information content (AvgIpc) is 3.41. The molecule has 0 heteroatoms. The van der Waals surface area contributed by atoms with Gasteiger partial charge in [-0.15, -0.1) is 0 Å². The minimum Gasteiger partial charge on any atom is -0.0991 e. The maximum Gasteiger partial charge on any atom is 0.0205 e. The SMILES string of the molecule is C/C=C/C=C/C.C=C/C=C(\C=C)C1(c2ccccc2)CCC2(C)C(CCC3C4CCC(CC)C4(C)CCC32)C1.CC.CC. The van der Waals surface area contributed by atoms with Crippen molar-refractivity contribution in [1.29, 1.82) is 0 Å². The molecular formula is C43H68. The molecule has 8 atom stereocenters. The Hall–Kier alpha value is -2.08. The van der Waals surface area contributed by atoms with Crippen LogP contribution in [-0.2, 0) is 5.41 Å². The van der Waals surface area contributed by atoms with Crippen LogP contribution in [0.5, 0.6) is 0 Å². The predicted octanol–water partition coefficient (Wildman–Crippen LogP) is 13.5. The zero-order chi connectivity index (χ0) is 32.1. The summed E-state index contributed by atoms with van der Waals surface area (Å²) in [5.41, 5.74) is 4.10. The monoisotopic (exact) mass is 585 g/mol. The summed E-state index contributed by atoms with van der Waals surface area (Å²) in [6.07, 6.45) is 28.5. The molecule has 0 saturated heterocycles. The minimum absolute atomic E-state index is 0.0953. The Morgan fingerprint density at radius 2 is 1.42 bits per heavy atom. The molecule has 1 aromatic rings. The molecule has 1 aromatic carbocycles. The van der Waals surface area contributed by atoms with Crippen LogP contribution in [0.4, 0.5) is 0 Å². The highest BCUT2D eigenvalue weighted by atomic mass is 14.7. The topological polar surface area (TPSA) is 0 Å². The molecule has 0 heterocycles. The lowest BCUT2D eigenvalue weighted by Crippen LogP contribution is -2.55. The van der Waals surface area contributed by atoms with Gasteiger partial charge in [0.1, 0.15) is 0 Å². The molecule has 0 radical (unpaired) electrons. The van der Waals surface area contributed by atoms with Crippen LogP contribution in [0.1, 0.15) is 132 Å². The van der Waals surface area contributed by atoms with Gasteiger partial charge < -0.3 is 0 Å². The van der Waals surface area contributed by atoms with E-state index in [1.807, 2.05) is 71.9 Å². The van der Waals surface area contributed by atoms with Gasteiger partial charge in [0.15, 0.2) is 0 Å². The molecule has 4 aliphatic rings. The summed E-state index contributed by atoms with van der Waals surface area (Å²) in [6.45, 7) is 28.1. The van der Waals surface area contributed by atoms with E-state index < -0.39 is 0 Å². The first-order valence-corrected chi connectivity index (χ1v) is 18.1. The lowest BCUT2D eigenvalue weighted by molar-refractivity contribution is -0.119. The molecule has 240 valence electrons. The van der Waals surface area contributed by atoms with Crippen LogP contribution < -0.4 is 0 Å². The molecule has 4 aliphatic carbocycles. The fourth-order valence-electron chi connectivity index (χ4n) is 10.3. The smallest absolute Gasteiger partial charge is 0.0205 e. The zero-order valence-corrected chi connectivity index (χ0v) is 29.8. The second kappa shape index (κ2) is 17.4. The van der Waals surface area contributed by atoms with Crippen LogP contribution in [0, 0.1) is 40.4 Å². The molecule has 0 aromatic heterocycles. The normalized spacial score (nSPS) is 36.4. The molecule has 4 fully saturated rings. The second-order valence-corrected chi connectivity index (χ2v) is 13.6. The largest absolute Gasteiger partial charge is 0.0991 e. The maximum absolute atomic E-state index is 4.26. The van der Waals surface area contributed by atoms with E-state index in [1.165, 1.54) is 75.3 Å². The van der Waals surface area contributed by atoms with Crippen LogP contribution in [-0.4, -0.2) is 0 Å². The number of fused-ring (bicyclic) bond motifs is 5. The van der Waals surface area contributed by atoms with E-state index >= 15 is 0 Å². The Balaban J connectivity index is 0.000000570. The molecular weight excluding hydrogens is 516 g/mol. The highest BCUT2D eigenvalue weighted by Crippen LogP contribution is 2.69. The zero-order valence-electron chi connectivity index (χ0n) is 29.8. The molecule has 0 aliphatic heterocycles. The molecule has 0 N–H and O–H groups in total. The molecule has 8 unspecified atom stereocenters. The Morgan fingerprint density at radius 1 is 0.791 bits per heavy atom. The van der Waals surface area contributed by atoms with Crippen molar-refractivity contribution in [2.24, 2.45) is 40.4 Å². The van der Waals surface area contributed by atoms with Crippen LogP contribution in [0.2, 0.25) is 0 Å². The van der Waals surface area contributed by atoms with Gasteiger partial charge in [0.25, 0.3) is 0 Å². The summed E-state index contributed by atoms with van der Waals surface area (Å²) in [4.78, 5) is 0. The average molecular weight is 585 g/mol. The van der Waals surface area contributed by atoms with Crippen LogP contribution in [0.3, 0.4) is 0 Å². The first-order valence-electron chi connectivity index (χ1n) is 18.1. The second-order valence-electron chi connectivity index (χ2n) is 13.6. The van der Waals surface area contributed by atoms with Gasteiger partial charge in [0, 0.05) is 5.41 Å². The van der Waals surface area contributed by atoms with Crippen molar-refractivity contribution in [3.05, 3.63) is 97.2 Å². The van der Waals surface area contributed by atoms with E-state index in [0.717, 1.165) is 29.6 Å². The van der Waals surface area contributed by atoms with Crippen molar-refractivity contribution >= 4 is 0 Å². The fourth-order valence-corrected chi connectivity index (χ4v) is 10.3. The molecule has 0 amide bonds. The Morgan fingerprint density at radius 3 is 1.98 bits per heavy atom. The van der Waals surface area contributed by atoms with Gasteiger partial charge in [0.05, 0.1) is 0 Å². The lowest BCUT2D eigenvalue weighted by atomic mass is 9.42. The number of hydrogen-bond acceptors (Lipinski definition) is 0. The third kappa shape index (κ3) is 7.43. The predicted molar refractivity (Wildman–Crippen MR) is 194 cm³/mol. The van der Waals surface area contributed by atoms with E-state index in [2.05, 4.69) is 76.4 Å². The van der Waals surface area contributed by atoms with Crippen LogP contribution >= 0.6 is 0 Å². The quantitative estimate of drug-likeness (QED) is 0.292. The van der Waals surface area contributed by atoms with Crippen molar-refractivity contribution in [2.45, 2.75) is 132 Å². The van der Waals surface area contributed by atoms with Gasteiger partial charge in [-0.25, -0.2) is 0 Å². The standard InChI is InChI=1S/C33H46.C6H10.2C2H6/c1-6-12-25(8-3)33(26-13-10-9-11-14-26)22-21-32(5)27(23-33)15-17-28-29-18-16-24(7-2)31(29,4)20-19-30(28)32;1-3-5-6-4-2;2*1-2/h6,8-14,24,27-30H,1,3,7,15-23H2,2,4-5H3;3-6H,1-2H3;2*1-2H3/b25-12+;5-3+,6-4+;;. The molecule has 0 spiro atoms. The van der Waals surface area contributed by atoms with Gasteiger partial charge in [-0.2, -0.15) is 0 Å². The first-order chi connectivity index (χ1) is 20.8. The summed E-state index contributed by atoms with van der Waals surface area (Å²) in [6, 6.07) is 11.3. The van der Waals surface area contributed by atoms with Gasteiger partial charge in [-0.3, -0.25) is 0 Å². The molecule has 0 nitrogen and oxygen atoms in total. The van der Waals surface area contributed by atoms with Crippen molar-refractivity contribution in [3.63, 3.8) is 0 Å². The van der Waals surface area contributed by atoms with E-state index in [1.54, 1.807) is 0 Å². The van der Waals surface area contributed by atoms with Gasteiger partial charge in [0.2, 0.25) is 0 Å². The fraction of sp³-hybridized carbons (Fsp3) is 0.628. The van der Waals surface area contributed by atoms with Gasteiger partial charge >= 0.3 is 0 Å². The van der Waals surface area contributed by atoms with E-state index in [9.17, 15) is 0 Å². The molecule has 43 heavy (non-hydrogen) atoms. The van der Waals surface area contributed by atoms with Crippen LogP contribution in [0.25, 0.3) is 0 Å². The van der Waals surface area contributed by atoms with Crippen molar-refractivity contribution in [3.8, 4) is 0 Å². The van der Waals surface area contributed by atoms with Crippen molar-refractivity contribution in [1.82, 2.24) is 0 Å². The minimum atomic E-state index is 0.0953. The van der Waals surface area contributed by atoms with Gasteiger partial charge in [-0.05, 0) is 123 Å². The third-order valence-electron chi connectivity index (χ3n) is 12.3. The number of benzene rings is 1. The van der Waals surface area contributed by atoms with Crippen LogP contribution in [0.15, 0.2) is 91.6 Å². The molecule has 4 saturated carbocycles. The summed E-state index contributed by atoms with van der Waals surface area (Å²) in [5.74, 6) is 4.70. The maximum atomic E-state index is 4.26. The summed E-state index contributed by atoms with van der Waals surface area (Å²) >= 11 is 0. The van der Waals surface area contributed by atoms with E-state index in [0.29, 0.717) is 10.8 Å². The number of rotatable bonds is 6. The van der Waals surface area contributed by atoms with Gasteiger partial charge in [-0.1, -0.05) is 141 Å². The number of hydrogen-bond donors (Lipinski definition) is 0. The highest BCUT2D eigenvalue weighted by Gasteiger charge is 2.61. The van der Waals surface area contributed by atoms with E-state index in [-0.39, 0.29) is 5.41 Å². The molecule has 0 bridgehead atoms. The van der Waals surface area contributed by atoms with Crippen molar-refractivity contribution < 1.29 is 0 Å². The number of allylic oxidation sites excluding steroid dienone is 8. The lowest BCUT2D eigenvalue weighted by Gasteiger charge is -2.63. The van der Waals surface area contributed by atoms with E-state index in [4.69, 9.17) is 0 Å². The first kappa shape index (κ1) is 37.1. The highest BCUT2D eigenvalue weighted by molar-refractivity contribution is 5.44. The summed E-state index contributed by atoms with van der Waals surface area (Å²) < 4.78 is 0. The summed E-state index contributed by atoms with van der Waals surface area (Å²) in [5, 5.41) is 0. The molecule has 5 rings (SSSR count). The Kier molecular flexibility index (Phi) is 15.0. The third-order valence-corrected chi connectivity index (χ3v) is 12.3. The van der Waals surface area contributed by atoms with Crippen molar-refractivity contribution in [2.75, 3.05) is 0 Å². The summed E-state index contributed by atoms with van der Waals surface area (Å²) in [7, 11) is 0. The Labute approximate surface area is 268 Å². The Bertz CT molecular complexity index is 1040.